The van der Waals surface area contributed by atoms with Crippen LogP contribution in [0.15, 0.2) is 0 Å². The minimum Gasteiger partial charge on any atom is -0.355 e. The van der Waals surface area contributed by atoms with Crippen LogP contribution in [0.1, 0.15) is 57.8 Å². The van der Waals surface area contributed by atoms with E-state index >= 15 is 0 Å². The first kappa shape index (κ1) is 18.6. The van der Waals surface area contributed by atoms with Crippen LogP contribution >= 0.6 is 0 Å². The summed E-state index contributed by atoms with van der Waals surface area (Å²) in [6.45, 7) is 1.01. The smallest absolute Gasteiger partial charge is 0.227 e. The number of amides is 1. The Hall–Kier alpha value is -1.22. The third kappa shape index (κ3) is 4.69. The van der Waals surface area contributed by atoms with Gasteiger partial charge in [-0.25, -0.2) is 8.78 Å². The van der Waals surface area contributed by atoms with Gasteiger partial charge in [-0.3, -0.25) is 4.79 Å². The van der Waals surface area contributed by atoms with E-state index in [0.717, 1.165) is 32.1 Å². The highest BCUT2D eigenvalue weighted by Crippen LogP contribution is 2.45. The summed E-state index contributed by atoms with van der Waals surface area (Å²) in [6, 6.07) is 2.46. The van der Waals surface area contributed by atoms with Gasteiger partial charge in [-0.1, -0.05) is 0 Å². The molecule has 3 fully saturated rings. The molecule has 3 aliphatic carbocycles. The summed E-state index contributed by atoms with van der Waals surface area (Å²) >= 11 is 0. The van der Waals surface area contributed by atoms with Gasteiger partial charge < -0.3 is 10.6 Å². The Morgan fingerprint density at radius 1 is 1.12 bits per heavy atom. The van der Waals surface area contributed by atoms with Crippen molar-refractivity contribution >= 4 is 5.91 Å². The quantitative estimate of drug-likeness (QED) is 0.771. The maximum absolute atomic E-state index is 14.1. The molecular weight excluding hydrogens is 324 g/mol. The van der Waals surface area contributed by atoms with Crippen molar-refractivity contribution in [3.05, 3.63) is 0 Å². The van der Waals surface area contributed by atoms with Gasteiger partial charge in [0.15, 0.2) is 0 Å². The molecule has 3 saturated carbocycles. The molecule has 3 atom stereocenters. The topological polar surface area (TPSA) is 64.9 Å². The Morgan fingerprint density at radius 3 is 2.44 bits per heavy atom. The predicted octanol–water partition coefficient (Wildman–Crippen LogP) is 3.03. The van der Waals surface area contributed by atoms with Crippen LogP contribution in [0.25, 0.3) is 0 Å². The molecule has 3 unspecified atom stereocenters. The number of halogens is 2. The number of rotatable bonds is 6. The van der Waals surface area contributed by atoms with Crippen molar-refractivity contribution in [2.24, 2.45) is 17.3 Å². The van der Waals surface area contributed by atoms with Crippen LogP contribution in [0.3, 0.4) is 0 Å². The molecule has 2 N–H and O–H groups in total. The van der Waals surface area contributed by atoms with Gasteiger partial charge in [0.2, 0.25) is 5.91 Å². The molecular formula is C19H29F2N3O. The number of carbonyl (C=O) groups is 1. The molecule has 0 spiro atoms. The van der Waals surface area contributed by atoms with Crippen LogP contribution in [0.4, 0.5) is 8.78 Å². The second kappa shape index (κ2) is 7.99. The van der Waals surface area contributed by atoms with E-state index in [4.69, 9.17) is 5.26 Å². The molecule has 3 rings (SSSR count). The highest BCUT2D eigenvalue weighted by molar-refractivity contribution is 5.85. The Labute approximate surface area is 148 Å². The molecule has 0 aliphatic heterocycles. The summed E-state index contributed by atoms with van der Waals surface area (Å²) in [7, 11) is 0. The van der Waals surface area contributed by atoms with Crippen LogP contribution in [-0.4, -0.2) is 37.4 Å². The van der Waals surface area contributed by atoms with Crippen LogP contribution < -0.4 is 10.6 Å². The fraction of sp³-hybridized carbons (Fsp3) is 0.895. The van der Waals surface area contributed by atoms with Gasteiger partial charge in [-0.15, -0.1) is 0 Å². The lowest BCUT2D eigenvalue weighted by atomic mass is 9.81. The van der Waals surface area contributed by atoms with Crippen molar-refractivity contribution in [1.29, 1.82) is 5.26 Å². The van der Waals surface area contributed by atoms with E-state index in [9.17, 15) is 13.6 Å². The first-order valence-corrected chi connectivity index (χ1v) is 9.72. The van der Waals surface area contributed by atoms with E-state index in [1.54, 1.807) is 0 Å². The Morgan fingerprint density at radius 2 is 1.84 bits per heavy atom. The molecule has 0 aromatic rings. The van der Waals surface area contributed by atoms with Gasteiger partial charge in [-0.05, 0) is 57.8 Å². The van der Waals surface area contributed by atoms with E-state index in [1.807, 2.05) is 0 Å². The van der Waals surface area contributed by atoms with Crippen molar-refractivity contribution in [2.45, 2.75) is 76.2 Å². The van der Waals surface area contributed by atoms with Crippen molar-refractivity contribution in [2.75, 3.05) is 13.1 Å². The van der Waals surface area contributed by atoms with Gasteiger partial charge in [0, 0.05) is 31.0 Å². The molecule has 0 saturated heterocycles. The normalized spacial score (nSPS) is 37.1. The number of hydrogen-bond acceptors (Lipinski definition) is 3. The molecule has 0 aromatic heterocycles. The zero-order chi connectivity index (χ0) is 17.9. The largest absolute Gasteiger partial charge is 0.355 e. The number of carbonyl (C=O) groups excluding carboxylic acids is 1. The van der Waals surface area contributed by atoms with Gasteiger partial charge in [0.05, 0.1) is 11.5 Å². The predicted molar refractivity (Wildman–Crippen MR) is 91.2 cm³/mol. The van der Waals surface area contributed by atoms with Crippen LogP contribution in [0.5, 0.6) is 0 Å². The maximum atomic E-state index is 14.1. The lowest BCUT2D eigenvalue weighted by Gasteiger charge is -2.30. The third-order valence-electron chi connectivity index (χ3n) is 6.34. The summed E-state index contributed by atoms with van der Waals surface area (Å²) in [5, 5.41) is 15.3. The Balaban J connectivity index is 1.40. The molecule has 0 heterocycles. The highest BCUT2D eigenvalue weighted by Gasteiger charge is 2.49. The zero-order valence-corrected chi connectivity index (χ0v) is 14.8. The number of nitriles is 1. The number of alkyl halides is 2. The fourth-order valence-corrected chi connectivity index (χ4v) is 4.17. The molecule has 140 valence electrons. The zero-order valence-electron chi connectivity index (χ0n) is 14.8. The second-order valence-corrected chi connectivity index (χ2v) is 8.24. The van der Waals surface area contributed by atoms with Crippen molar-refractivity contribution in [3.8, 4) is 6.07 Å². The third-order valence-corrected chi connectivity index (χ3v) is 6.34. The van der Waals surface area contributed by atoms with E-state index in [0.29, 0.717) is 44.8 Å². The van der Waals surface area contributed by atoms with Crippen LogP contribution in [0, 0.1) is 28.6 Å². The van der Waals surface area contributed by atoms with E-state index in [2.05, 4.69) is 16.7 Å². The molecule has 25 heavy (non-hydrogen) atoms. The monoisotopic (exact) mass is 353 g/mol. The average Bonchev–Trinajstić information content (AvgIpc) is 3.41. The van der Waals surface area contributed by atoms with Crippen LogP contribution in [-0.2, 0) is 4.79 Å². The number of hydrogen-bond donors (Lipinski definition) is 2. The van der Waals surface area contributed by atoms with Gasteiger partial charge >= 0.3 is 0 Å². The number of nitrogens with zero attached hydrogens (tertiary/aromatic N) is 1. The van der Waals surface area contributed by atoms with Gasteiger partial charge in [0.25, 0.3) is 0 Å². The Bertz CT molecular complexity index is 509. The standard InChI is InChI=1S/C19H29F2N3O/c20-15-3-5-16(6-4-15)24-12-19(7-8-19)18(25)23-11-14-2-1-13(10-22)9-17(14)21/h13-17,24H,1-9,11-12H2,(H,23,25). The SMILES string of the molecule is N#CC1CCC(CNC(=O)C2(CNC3CCC(F)CC3)CC2)C(F)C1. The molecule has 0 bridgehead atoms. The lowest BCUT2D eigenvalue weighted by Crippen LogP contribution is -2.45. The first-order valence-electron chi connectivity index (χ1n) is 9.72. The van der Waals surface area contributed by atoms with E-state index in [-0.39, 0.29) is 23.2 Å². The van der Waals surface area contributed by atoms with Crippen molar-refractivity contribution in [1.82, 2.24) is 10.6 Å². The van der Waals surface area contributed by atoms with Crippen molar-refractivity contribution in [3.63, 3.8) is 0 Å². The molecule has 4 nitrogen and oxygen atoms in total. The van der Waals surface area contributed by atoms with Gasteiger partial charge in [0.1, 0.15) is 12.3 Å². The second-order valence-electron chi connectivity index (χ2n) is 8.24. The first-order chi connectivity index (χ1) is 12.0. The minimum atomic E-state index is -0.997. The maximum Gasteiger partial charge on any atom is 0.227 e. The summed E-state index contributed by atoms with van der Waals surface area (Å²) < 4.78 is 27.3. The summed E-state index contributed by atoms with van der Waals surface area (Å²) in [4.78, 5) is 12.5. The minimum absolute atomic E-state index is 0.0220. The fourth-order valence-electron chi connectivity index (χ4n) is 4.17. The summed E-state index contributed by atoms with van der Waals surface area (Å²) in [5.74, 6) is -0.328. The van der Waals surface area contributed by atoms with Crippen LogP contribution in [0.2, 0.25) is 0 Å². The summed E-state index contributed by atoms with van der Waals surface area (Å²) in [5.41, 5.74) is -0.345. The molecule has 3 aliphatic rings. The van der Waals surface area contributed by atoms with Gasteiger partial charge in [-0.2, -0.15) is 5.26 Å². The molecule has 0 radical (unpaired) electrons. The van der Waals surface area contributed by atoms with E-state index in [1.165, 1.54) is 0 Å². The van der Waals surface area contributed by atoms with E-state index < -0.39 is 12.3 Å². The molecule has 0 aromatic carbocycles. The number of nitrogens with one attached hydrogen (secondary N) is 2. The van der Waals surface area contributed by atoms with Crippen molar-refractivity contribution < 1.29 is 13.6 Å². The Kier molecular flexibility index (Phi) is 5.93. The molecule has 6 heteroatoms. The lowest BCUT2D eigenvalue weighted by molar-refractivity contribution is -0.126. The highest BCUT2D eigenvalue weighted by atomic mass is 19.1. The molecule has 1 amide bonds. The summed E-state index contributed by atoms with van der Waals surface area (Å²) in [6.07, 6.45) is 4.65. The average molecular weight is 353 g/mol.